The lowest BCUT2D eigenvalue weighted by Crippen LogP contribution is -2.41. The van der Waals surface area contributed by atoms with E-state index in [4.69, 9.17) is 11.2 Å². The fourth-order valence-corrected chi connectivity index (χ4v) is 1.45. The zero-order valence-corrected chi connectivity index (χ0v) is 12.5. The number of carbonyl (C=O) groups is 3. The summed E-state index contributed by atoms with van der Waals surface area (Å²) in [6.45, 7) is 3.93. The van der Waals surface area contributed by atoms with E-state index in [1.165, 1.54) is 7.11 Å². The SMILES string of the molecule is C#CCCOC(=O)/C=C\C(=O)N[C@@H](CC(C)C)C(=O)OC. The van der Waals surface area contributed by atoms with E-state index >= 15 is 0 Å². The summed E-state index contributed by atoms with van der Waals surface area (Å²) in [5, 5.41) is 2.48. The molecule has 116 valence electrons. The van der Waals surface area contributed by atoms with Gasteiger partial charge in [-0.3, -0.25) is 4.79 Å². The summed E-state index contributed by atoms with van der Waals surface area (Å²) in [5.74, 6) is 0.757. The van der Waals surface area contributed by atoms with Crippen molar-refractivity contribution in [2.45, 2.75) is 32.7 Å². The Kier molecular flexibility index (Phi) is 9.35. The van der Waals surface area contributed by atoms with Gasteiger partial charge in [-0.2, -0.15) is 0 Å². The van der Waals surface area contributed by atoms with Crippen LogP contribution in [0.2, 0.25) is 0 Å². The Balaban J connectivity index is 4.39. The molecular weight excluding hydrogens is 274 g/mol. The van der Waals surface area contributed by atoms with E-state index in [0.717, 1.165) is 12.2 Å². The number of amides is 1. The van der Waals surface area contributed by atoms with Gasteiger partial charge in [0.25, 0.3) is 0 Å². The maximum absolute atomic E-state index is 11.6. The van der Waals surface area contributed by atoms with Gasteiger partial charge in [0.1, 0.15) is 12.6 Å². The molecule has 0 aliphatic heterocycles. The van der Waals surface area contributed by atoms with Crippen molar-refractivity contribution >= 4 is 17.8 Å². The molecule has 0 heterocycles. The van der Waals surface area contributed by atoms with E-state index in [-0.39, 0.29) is 12.5 Å². The molecule has 1 amide bonds. The summed E-state index contributed by atoms with van der Waals surface area (Å²) < 4.78 is 9.35. The fourth-order valence-electron chi connectivity index (χ4n) is 1.45. The minimum atomic E-state index is -0.746. The smallest absolute Gasteiger partial charge is 0.330 e. The molecule has 0 aliphatic carbocycles. The normalized spacial score (nSPS) is 11.8. The number of esters is 2. The quantitative estimate of drug-likeness (QED) is 0.310. The number of hydrogen-bond donors (Lipinski definition) is 1. The van der Waals surface area contributed by atoms with E-state index in [0.29, 0.717) is 12.8 Å². The van der Waals surface area contributed by atoms with Gasteiger partial charge in [0.05, 0.1) is 7.11 Å². The third kappa shape index (κ3) is 9.27. The van der Waals surface area contributed by atoms with Crippen LogP contribution in [0.3, 0.4) is 0 Å². The van der Waals surface area contributed by atoms with Crippen LogP contribution in [0.5, 0.6) is 0 Å². The highest BCUT2D eigenvalue weighted by atomic mass is 16.5. The van der Waals surface area contributed by atoms with Crippen molar-refractivity contribution in [2.75, 3.05) is 13.7 Å². The largest absolute Gasteiger partial charge is 0.467 e. The highest BCUT2D eigenvalue weighted by Gasteiger charge is 2.21. The van der Waals surface area contributed by atoms with Crippen molar-refractivity contribution in [1.82, 2.24) is 5.32 Å². The second-order valence-electron chi connectivity index (χ2n) is 4.67. The average Bonchev–Trinajstić information content (AvgIpc) is 2.43. The number of ether oxygens (including phenoxy) is 2. The number of hydrogen-bond acceptors (Lipinski definition) is 5. The first kappa shape index (κ1) is 18.7. The number of methoxy groups -OCH3 is 1. The Morgan fingerprint density at radius 1 is 1.29 bits per heavy atom. The minimum absolute atomic E-state index is 0.0967. The first-order valence-corrected chi connectivity index (χ1v) is 6.57. The van der Waals surface area contributed by atoms with Crippen LogP contribution < -0.4 is 5.32 Å². The van der Waals surface area contributed by atoms with E-state index in [2.05, 4.69) is 16.0 Å². The molecule has 1 N–H and O–H groups in total. The van der Waals surface area contributed by atoms with Crippen LogP contribution in [-0.4, -0.2) is 37.6 Å². The van der Waals surface area contributed by atoms with Gasteiger partial charge in [-0.1, -0.05) is 13.8 Å². The van der Waals surface area contributed by atoms with Gasteiger partial charge < -0.3 is 14.8 Å². The molecule has 0 aliphatic rings. The number of carbonyl (C=O) groups excluding carboxylic acids is 3. The number of terminal acetylenes is 1. The fraction of sp³-hybridized carbons (Fsp3) is 0.533. The molecule has 6 nitrogen and oxygen atoms in total. The molecule has 0 aromatic heterocycles. The molecular formula is C15H21NO5. The van der Waals surface area contributed by atoms with Gasteiger partial charge in [-0.05, 0) is 12.3 Å². The molecule has 6 heteroatoms. The first-order valence-electron chi connectivity index (χ1n) is 6.57. The van der Waals surface area contributed by atoms with Gasteiger partial charge in [-0.15, -0.1) is 12.3 Å². The second kappa shape index (κ2) is 10.5. The van der Waals surface area contributed by atoms with Crippen LogP contribution in [0.25, 0.3) is 0 Å². The molecule has 0 fully saturated rings. The molecule has 1 atom stereocenters. The van der Waals surface area contributed by atoms with E-state index in [1.54, 1.807) is 0 Å². The Bertz CT molecular complexity index is 434. The predicted octanol–water partition coefficient (Wildman–Crippen LogP) is 0.813. The maximum Gasteiger partial charge on any atom is 0.330 e. The maximum atomic E-state index is 11.6. The van der Waals surface area contributed by atoms with E-state index in [1.807, 2.05) is 13.8 Å². The Labute approximate surface area is 124 Å². The van der Waals surface area contributed by atoms with Gasteiger partial charge >= 0.3 is 11.9 Å². The van der Waals surface area contributed by atoms with Crippen molar-refractivity contribution in [1.29, 1.82) is 0 Å². The minimum Gasteiger partial charge on any atom is -0.467 e. The Morgan fingerprint density at radius 2 is 1.95 bits per heavy atom. The zero-order chi connectivity index (χ0) is 16.3. The topological polar surface area (TPSA) is 81.7 Å². The lowest BCUT2D eigenvalue weighted by atomic mass is 10.0. The van der Waals surface area contributed by atoms with E-state index in [9.17, 15) is 14.4 Å². The van der Waals surface area contributed by atoms with Gasteiger partial charge in [0, 0.05) is 18.6 Å². The van der Waals surface area contributed by atoms with Crippen molar-refractivity contribution in [3.63, 3.8) is 0 Å². The highest BCUT2D eigenvalue weighted by molar-refractivity contribution is 5.96. The summed E-state index contributed by atoms with van der Waals surface area (Å²) in [6, 6.07) is -0.746. The summed E-state index contributed by atoms with van der Waals surface area (Å²) >= 11 is 0. The van der Waals surface area contributed by atoms with Crippen LogP contribution in [0.1, 0.15) is 26.7 Å². The lowest BCUT2D eigenvalue weighted by molar-refractivity contribution is -0.145. The number of rotatable bonds is 8. The predicted molar refractivity (Wildman–Crippen MR) is 77.0 cm³/mol. The molecule has 0 radical (unpaired) electrons. The van der Waals surface area contributed by atoms with Gasteiger partial charge in [0.2, 0.25) is 5.91 Å². The summed E-state index contributed by atoms with van der Waals surface area (Å²) in [4.78, 5) is 34.4. The molecule has 0 rings (SSSR count). The van der Waals surface area contributed by atoms with Crippen molar-refractivity contribution in [2.24, 2.45) is 5.92 Å². The third-order valence-corrected chi connectivity index (χ3v) is 2.37. The van der Waals surface area contributed by atoms with E-state index < -0.39 is 23.9 Å². The molecule has 0 spiro atoms. The molecule has 0 aromatic carbocycles. The first-order chi connectivity index (χ1) is 9.90. The summed E-state index contributed by atoms with van der Waals surface area (Å²) in [7, 11) is 1.25. The molecule has 0 unspecified atom stereocenters. The summed E-state index contributed by atoms with van der Waals surface area (Å²) in [6.07, 6.45) is 7.75. The standard InChI is InChI=1S/C15H21NO5/c1-5-6-9-21-14(18)8-7-13(17)16-12(10-11(2)3)15(19)20-4/h1,7-8,11-12H,6,9-10H2,2-4H3,(H,16,17)/b8-7-/t12-/m0/s1. The second-order valence-corrected chi connectivity index (χ2v) is 4.67. The number of nitrogens with one attached hydrogen (secondary N) is 1. The molecule has 0 bridgehead atoms. The zero-order valence-electron chi connectivity index (χ0n) is 12.5. The van der Waals surface area contributed by atoms with Crippen LogP contribution in [0.15, 0.2) is 12.2 Å². The van der Waals surface area contributed by atoms with Crippen LogP contribution in [-0.2, 0) is 23.9 Å². The van der Waals surface area contributed by atoms with Crippen LogP contribution in [0.4, 0.5) is 0 Å². The lowest BCUT2D eigenvalue weighted by Gasteiger charge is -2.17. The Morgan fingerprint density at radius 3 is 2.48 bits per heavy atom. The third-order valence-electron chi connectivity index (χ3n) is 2.37. The molecule has 0 aromatic rings. The Hall–Kier alpha value is -2.29. The van der Waals surface area contributed by atoms with Gasteiger partial charge in [0.15, 0.2) is 0 Å². The van der Waals surface area contributed by atoms with Crippen molar-refractivity contribution in [3.05, 3.63) is 12.2 Å². The molecule has 21 heavy (non-hydrogen) atoms. The highest BCUT2D eigenvalue weighted by Crippen LogP contribution is 2.06. The monoisotopic (exact) mass is 295 g/mol. The van der Waals surface area contributed by atoms with Crippen LogP contribution in [0, 0.1) is 18.3 Å². The van der Waals surface area contributed by atoms with Crippen molar-refractivity contribution in [3.8, 4) is 12.3 Å². The summed E-state index contributed by atoms with van der Waals surface area (Å²) in [5.41, 5.74) is 0. The molecule has 0 saturated carbocycles. The van der Waals surface area contributed by atoms with Crippen molar-refractivity contribution < 1.29 is 23.9 Å². The van der Waals surface area contributed by atoms with Gasteiger partial charge in [-0.25, -0.2) is 9.59 Å². The molecule has 0 saturated heterocycles. The average molecular weight is 295 g/mol. The van der Waals surface area contributed by atoms with Crippen LogP contribution >= 0.6 is 0 Å².